The fourth-order valence-electron chi connectivity index (χ4n) is 1.73. The third-order valence-electron chi connectivity index (χ3n) is 3.10. The van der Waals surface area contributed by atoms with Crippen molar-refractivity contribution in [1.82, 2.24) is 15.6 Å². The third-order valence-corrected chi connectivity index (χ3v) is 3.10. The number of benzene rings is 1. The summed E-state index contributed by atoms with van der Waals surface area (Å²) in [5.41, 5.74) is 3.96. The number of carbonyl (C=O) groups is 1. The fourth-order valence-corrected chi connectivity index (χ4v) is 1.73. The second-order valence-electron chi connectivity index (χ2n) is 5.96. The molecule has 0 unspecified atom stereocenters. The molecule has 0 saturated heterocycles. The maximum absolute atomic E-state index is 11.9. The highest BCUT2D eigenvalue weighted by Gasteiger charge is 2.19. The van der Waals surface area contributed by atoms with Gasteiger partial charge in [0.15, 0.2) is 5.69 Å². The molecule has 0 spiro atoms. The summed E-state index contributed by atoms with van der Waals surface area (Å²) in [5, 5.41) is 21.1. The SMILES string of the molecule is CC(C)(C)c1cc(C(=O)N/N=C/c2ccc([N+](=O)[O-])cc2)n[nH]1. The van der Waals surface area contributed by atoms with Crippen LogP contribution in [0.1, 0.15) is 42.5 Å². The van der Waals surface area contributed by atoms with Gasteiger partial charge < -0.3 is 0 Å². The van der Waals surface area contributed by atoms with Crippen LogP contribution in [0.3, 0.4) is 0 Å². The fraction of sp³-hybridized carbons (Fsp3) is 0.267. The first-order valence-corrected chi connectivity index (χ1v) is 6.91. The Kier molecular flexibility index (Phi) is 4.54. The molecular weight excluding hydrogens is 298 g/mol. The summed E-state index contributed by atoms with van der Waals surface area (Å²) in [5.74, 6) is -0.435. The minimum absolute atomic E-state index is 0.00239. The topological polar surface area (TPSA) is 113 Å². The van der Waals surface area contributed by atoms with Crippen molar-refractivity contribution >= 4 is 17.8 Å². The number of aromatic nitrogens is 2. The minimum Gasteiger partial charge on any atom is -0.281 e. The normalized spacial score (nSPS) is 11.6. The Morgan fingerprint density at radius 1 is 1.35 bits per heavy atom. The Hall–Kier alpha value is -3.03. The van der Waals surface area contributed by atoms with Crippen LogP contribution in [0.5, 0.6) is 0 Å². The lowest BCUT2D eigenvalue weighted by molar-refractivity contribution is -0.384. The van der Waals surface area contributed by atoms with Gasteiger partial charge in [-0.25, -0.2) is 5.43 Å². The molecule has 0 fully saturated rings. The molecular formula is C15H17N5O3. The summed E-state index contributed by atoms with van der Waals surface area (Å²) in [6.45, 7) is 6.03. The van der Waals surface area contributed by atoms with Gasteiger partial charge in [0, 0.05) is 23.2 Å². The predicted octanol–water partition coefficient (Wildman–Crippen LogP) is 2.38. The van der Waals surface area contributed by atoms with Gasteiger partial charge in [0.2, 0.25) is 0 Å². The lowest BCUT2D eigenvalue weighted by Crippen LogP contribution is -2.18. The standard InChI is InChI=1S/C15H17N5O3/c1-15(2,3)13-8-12(17-18-13)14(21)19-16-9-10-4-6-11(7-5-10)20(22)23/h4-9H,1-3H3,(H,17,18)(H,19,21)/b16-9+. The summed E-state index contributed by atoms with van der Waals surface area (Å²) in [6, 6.07) is 7.50. The number of hydrazone groups is 1. The van der Waals surface area contributed by atoms with Gasteiger partial charge in [0.05, 0.1) is 11.1 Å². The minimum atomic E-state index is -0.479. The zero-order valence-electron chi connectivity index (χ0n) is 13.0. The van der Waals surface area contributed by atoms with Crippen molar-refractivity contribution in [2.45, 2.75) is 26.2 Å². The summed E-state index contributed by atoms with van der Waals surface area (Å²) >= 11 is 0. The van der Waals surface area contributed by atoms with E-state index in [4.69, 9.17) is 0 Å². The number of carbonyl (C=O) groups excluding carboxylic acids is 1. The molecule has 1 aromatic heterocycles. The van der Waals surface area contributed by atoms with Crippen LogP contribution < -0.4 is 5.43 Å². The Morgan fingerprint density at radius 3 is 2.52 bits per heavy atom. The van der Waals surface area contributed by atoms with Crippen LogP contribution in [0.25, 0.3) is 0 Å². The largest absolute Gasteiger partial charge is 0.291 e. The maximum atomic E-state index is 11.9. The molecule has 0 aliphatic heterocycles. The molecule has 120 valence electrons. The average molecular weight is 315 g/mol. The summed E-state index contributed by atoms with van der Waals surface area (Å²) in [4.78, 5) is 22.0. The van der Waals surface area contributed by atoms with Gasteiger partial charge in [0.1, 0.15) is 0 Å². The number of amides is 1. The highest BCUT2D eigenvalue weighted by atomic mass is 16.6. The van der Waals surface area contributed by atoms with Crippen molar-refractivity contribution in [1.29, 1.82) is 0 Å². The van der Waals surface area contributed by atoms with E-state index in [1.807, 2.05) is 20.8 Å². The molecule has 23 heavy (non-hydrogen) atoms. The number of hydrogen-bond donors (Lipinski definition) is 2. The number of nitro groups is 1. The molecule has 2 aromatic rings. The van der Waals surface area contributed by atoms with E-state index >= 15 is 0 Å². The van der Waals surface area contributed by atoms with Crippen LogP contribution in [-0.2, 0) is 5.41 Å². The van der Waals surface area contributed by atoms with Crippen molar-refractivity contribution in [3.05, 3.63) is 57.4 Å². The predicted molar refractivity (Wildman–Crippen MR) is 85.4 cm³/mol. The number of rotatable bonds is 4. The van der Waals surface area contributed by atoms with Crippen molar-refractivity contribution in [3.63, 3.8) is 0 Å². The zero-order valence-corrected chi connectivity index (χ0v) is 13.0. The molecule has 1 aromatic carbocycles. The first kappa shape index (κ1) is 16.3. The lowest BCUT2D eigenvalue weighted by Gasteiger charge is -2.14. The van der Waals surface area contributed by atoms with E-state index in [1.165, 1.54) is 18.3 Å². The molecule has 0 saturated carbocycles. The van der Waals surface area contributed by atoms with Gasteiger partial charge in [-0.15, -0.1) is 0 Å². The second kappa shape index (κ2) is 6.39. The highest BCUT2D eigenvalue weighted by Crippen LogP contribution is 2.20. The summed E-state index contributed by atoms with van der Waals surface area (Å²) in [6.07, 6.45) is 1.40. The van der Waals surface area contributed by atoms with Gasteiger partial charge in [-0.05, 0) is 23.8 Å². The van der Waals surface area contributed by atoms with Crippen LogP contribution in [0.15, 0.2) is 35.4 Å². The number of non-ortho nitro benzene ring substituents is 1. The van der Waals surface area contributed by atoms with E-state index in [0.29, 0.717) is 5.56 Å². The molecule has 1 amide bonds. The number of nitrogens with one attached hydrogen (secondary N) is 2. The van der Waals surface area contributed by atoms with Gasteiger partial charge >= 0.3 is 0 Å². The number of nitrogens with zero attached hydrogens (tertiary/aromatic N) is 3. The van der Waals surface area contributed by atoms with E-state index < -0.39 is 10.8 Å². The van der Waals surface area contributed by atoms with Gasteiger partial charge in [-0.3, -0.25) is 20.0 Å². The number of hydrogen-bond acceptors (Lipinski definition) is 5. The van der Waals surface area contributed by atoms with Crippen LogP contribution in [-0.4, -0.2) is 27.2 Å². The van der Waals surface area contributed by atoms with Gasteiger partial charge in [0.25, 0.3) is 11.6 Å². The molecule has 0 bridgehead atoms. The van der Waals surface area contributed by atoms with Crippen LogP contribution in [0.2, 0.25) is 0 Å². The van der Waals surface area contributed by atoms with E-state index in [0.717, 1.165) is 5.69 Å². The number of nitro benzene ring substituents is 1. The molecule has 8 nitrogen and oxygen atoms in total. The van der Waals surface area contributed by atoms with Gasteiger partial charge in [-0.2, -0.15) is 10.2 Å². The second-order valence-corrected chi connectivity index (χ2v) is 5.96. The Bertz CT molecular complexity index is 741. The third kappa shape index (κ3) is 4.22. The average Bonchev–Trinajstić information content (AvgIpc) is 2.97. The molecule has 0 aliphatic rings. The zero-order chi connectivity index (χ0) is 17.0. The van der Waals surface area contributed by atoms with Crippen LogP contribution in [0, 0.1) is 10.1 Å². The van der Waals surface area contributed by atoms with Crippen molar-refractivity contribution in [3.8, 4) is 0 Å². The van der Waals surface area contributed by atoms with Crippen molar-refractivity contribution in [2.24, 2.45) is 5.10 Å². The van der Waals surface area contributed by atoms with E-state index in [1.54, 1.807) is 18.2 Å². The first-order valence-electron chi connectivity index (χ1n) is 6.91. The molecule has 0 radical (unpaired) electrons. The Labute approximate surface area is 132 Å². The summed E-state index contributed by atoms with van der Waals surface area (Å²) in [7, 11) is 0. The first-order chi connectivity index (χ1) is 10.8. The molecule has 2 N–H and O–H groups in total. The molecule has 1 heterocycles. The van der Waals surface area contributed by atoms with Crippen molar-refractivity contribution < 1.29 is 9.72 Å². The van der Waals surface area contributed by atoms with E-state index in [9.17, 15) is 14.9 Å². The van der Waals surface area contributed by atoms with Crippen molar-refractivity contribution in [2.75, 3.05) is 0 Å². The smallest absolute Gasteiger partial charge is 0.281 e. The highest BCUT2D eigenvalue weighted by molar-refractivity contribution is 5.93. The quantitative estimate of drug-likeness (QED) is 0.512. The Morgan fingerprint density at radius 2 is 2.00 bits per heavy atom. The monoisotopic (exact) mass is 315 g/mol. The molecule has 0 aliphatic carbocycles. The van der Waals surface area contributed by atoms with Gasteiger partial charge in [-0.1, -0.05) is 20.8 Å². The van der Waals surface area contributed by atoms with Crippen LogP contribution >= 0.6 is 0 Å². The maximum Gasteiger partial charge on any atom is 0.291 e. The van der Waals surface area contributed by atoms with Crippen LogP contribution in [0.4, 0.5) is 5.69 Å². The molecule has 8 heteroatoms. The van der Waals surface area contributed by atoms with E-state index in [-0.39, 0.29) is 16.8 Å². The van der Waals surface area contributed by atoms with E-state index in [2.05, 4.69) is 20.7 Å². The lowest BCUT2D eigenvalue weighted by atomic mass is 9.92. The summed E-state index contributed by atoms with van der Waals surface area (Å²) < 4.78 is 0. The Balaban J connectivity index is 1.98. The molecule has 0 atom stereocenters. The molecule has 2 rings (SSSR count). The number of aromatic amines is 1. The number of H-pyrrole nitrogens is 1.